The van der Waals surface area contributed by atoms with Gasteiger partial charge in [-0.15, -0.1) is 0 Å². The average Bonchev–Trinajstić information content (AvgIpc) is 3.14. The van der Waals surface area contributed by atoms with Gasteiger partial charge in [0.15, 0.2) is 11.2 Å². The molecule has 0 atom stereocenters. The molecule has 0 aliphatic carbocycles. The van der Waals surface area contributed by atoms with Gasteiger partial charge in [-0.1, -0.05) is 17.7 Å². The number of hydrogen-bond acceptors (Lipinski definition) is 4. The van der Waals surface area contributed by atoms with Crippen LogP contribution in [0.1, 0.15) is 17.7 Å². The van der Waals surface area contributed by atoms with E-state index in [1.54, 1.807) is 11.4 Å². The highest BCUT2D eigenvalue weighted by Gasteiger charge is 2.16. The number of hydrogen-bond donors (Lipinski definition) is 2. The Morgan fingerprint density at radius 1 is 1.15 bits per heavy atom. The minimum Gasteiger partial charge on any atom is -0.385 e. The Morgan fingerprint density at radius 3 is 2.63 bits per heavy atom. The van der Waals surface area contributed by atoms with Gasteiger partial charge in [-0.05, 0) is 32.4 Å². The van der Waals surface area contributed by atoms with Crippen molar-refractivity contribution in [3.05, 3.63) is 62.6 Å². The van der Waals surface area contributed by atoms with Crippen LogP contribution >= 0.6 is 0 Å². The number of aryl methyl sites for hydroxylation is 4. The highest BCUT2D eigenvalue weighted by atomic mass is 16.2. The summed E-state index contributed by atoms with van der Waals surface area (Å²) in [6.45, 7) is 5.64. The van der Waals surface area contributed by atoms with Crippen molar-refractivity contribution in [2.45, 2.75) is 26.8 Å². The molecule has 0 bridgehead atoms. The topological polar surface area (TPSA) is 89.1 Å². The SMILES string of the molecule is Cc1ccc(NCCCn2c(C)cn3c4c(=O)[nH]c(=O)n(C)c4nc23)cc1. The number of aromatic nitrogens is 5. The molecule has 0 unspecified atom stereocenters. The summed E-state index contributed by atoms with van der Waals surface area (Å²) in [6, 6.07) is 8.31. The smallest absolute Gasteiger partial charge is 0.329 e. The Labute approximate surface area is 155 Å². The number of aromatic amines is 1. The Morgan fingerprint density at radius 2 is 1.89 bits per heavy atom. The maximum absolute atomic E-state index is 12.2. The lowest BCUT2D eigenvalue weighted by Crippen LogP contribution is -2.28. The minimum absolute atomic E-state index is 0.394. The molecule has 0 aliphatic heterocycles. The third-order valence-electron chi connectivity index (χ3n) is 4.85. The second-order valence-electron chi connectivity index (χ2n) is 6.84. The monoisotopic (exact) mass is 366 g/mol. The van der Waals surface area contributed by atoms with Crippen LogP contribution in [0.5, 0.6) is 0 Å². The fraction of sp³-hybridized carbons (Fsp3) is 0.316. The standard InChI is InChI=1S/C19H22N6O2/c1-12-5-7-14(8-6-12)20-9-4-10-24-13(2)11-25-15-16(21-18(24)25)23(3)19(27)22-17(15)26/h5-8,11,20H,4,9-10H2,1-3H3,(H,22,26,27). The first-order valence-electron chi connectivity index (χ1n) is 8.93. The maximum atomic E-state index is 12.2. The highest BCUT2D eigenvalue weighted by Crippen LogP contribution is 2.16. The van der Waals surface area contributed by atoms with Gasteiger partial charge >= 0.3 is 5.69 Å². The zero-order chi connectivity index (χ0) is 19.1. The maximum Gasteiger partial charge on any atom is 0.329 e. The second kappa shape index (κ2) is 6.46. The van der Waals surface area contributed by atoms with Gasteiger partial charge in [0.2, 0.25) is 5.78 Å². The summed E-state index contributed by atoms with van der Waals surface area (Å²) in [5.74, 6) is 0.671. The minimum atomic E-state index is -0.459. The number of H-pyrrole nitrogens is 1. The van der Waals surface area contributed by atoms with Gasteiger partial charge in [0.25, 0.3) is 5.56 Å². The fourth-order valence-corrected chi connectivity index (χ4v) is 3.34. The van der Waals surface area contributed by atoms with Crippen molar-refractivity contribution < 1.29 is 0 Å². The van der Waals surface area contributed by atoms with Crippen molar-refractivity contribution in [2.75, 3.05) is 11.9 Å². The molecular formula is C19H22N6O2. The molecule has 0 amide bonds. The van der Waals surface area contributed by atoms with Gasteiger partial charge in [-0.25, -0.2) is 4.79 Å². The van der Waals surface area contributed by atoms with Gasteiger partial charge < -0.3 is 9.88 Å². The first-order valence-corrected chi connectivity index (χ1v) is 8.93. The molecule has 1 aromatic carbocycles. The van der Waals surface area contributed by atoms with E-state index in [-0.39, 0.29) is 0 Å². The van der Waals surface area contributed by atoms with Crippen molar-refractivity contribution >= 4 is 22.6 Å². The normalized spacial score (nSPS) is 11.5. The van der Waals surface area contributed by atoms with E-state index in [1.807, 2.05) is 13.1 Å². The fourth-order valence-electron chi connectivity index (χ4n) is 3.34. The molecule has 0 saturated heterocycles. The largest absolute Gasteiger partial charge is 0.385 e. The summed E-state index contributed by atoms with van der Waals surface area (Å²) in [7, 11) is 1.61. The van der Waals surface area contributed by atoms with Gasteiger partial charge in [0.05, 0.1) is 0 Å². The quantitative estimate of drug-likeness (QED) is 0.527. The lowest BCUT2D eigenvalue weighted by Gasteiger charge is -2.08. The van der Waals surface area contributed by atoms with Crippen LogP contribution in [-0.2, 0) is 13.6 Å². The summed E-state index contributed by atoms with van der Waals surface area (Å²) in [4.78, 5) is 30.9. The van der Waals surface area contributed by atoms with E-state index in [0.717, 1.165) is 30.9 Å². The molecule has 3 aromatic heterocycles. The van der Waals surface area contributed by atoms with Crippen molar-refractivity contribution in [3.8, 4) is 0 Å². The Balaban J connectivity index is 1.59. The molecule has 4 rings (SSSR count). The number of nitrogens with zero attached hydrogens (tertiary/aromatic N) is 4. The summed E-state index contributed by atoms with van der Waals surface area (Å²) in [6.07, 6.45) is 2.79. The number of imidazole rings is 2. The lowest BCUT2D eigenvalue weighted by molar-refractivity contribution is 0.660. The van der Waals surface area contributed by atoms with Gasteiger partial charge in [-0.2, -0.15) is 4.98 Å². The van der Waals surface area contributed by atoms with E-state index in [9.17, 15) is 9.59 Å². The molecule has 4 aromatic rings. The molecule has 8 heteroatoms. The van der Waals surface area contributed by atoms with Crippen LogP contribution in [0.2, 0.25) is 0 Å². The predicted molar refractivity (Wildman–Crippen MR) is 106 cm³/mol. The van der Waals surface area contributed by atoms with Gasteiger partial charge in [-0.3, -0.25) is 18.7 Å². The van der Waals surface area contributed by atoms with E-state index in [4.69, 9.17) is 0 Å². The molecule has 0 fully saturated rings. The first-order chi connectivity index (χ1) is 13.0. The second-order valence-corrected chi connectivity index (χ2v) is 6.84. The predicted octanol–water partition coefficient (Wildman–Crippen LogP) is 1.80. The number of benzene rings is 1. The van der Waals surface area contributed by atoms with Crippen LogP contribution < -0.4 is 16.6 Å². The number of anilines is 1. The summed E-state index contributed by atoms with van der Waals surface area (Å²) in [5.41, 5.74) is 3.27. The van der Waals surface area contributed by atoms with Crippen molar-refractivity contribution in [1.29, 1.82) is 0 Å². The Hall–Kier alpha value is -3.29. The summed E-state index contributed by atoms with van der Waals surface area (Å²) < 4.78 is 5.19. The zero-order valence-electron chi connectivity index (χ0n) is 15.6. The Bertz CT molecular complexity index is 1240. The van der Waals surface area contributed by atoms with E-state index in [1.165, 1.54) is 10.1 Å². The van der Waals surface area contributed by atoms with Gasteiger partial charge in [0, 0.05) is 37.7 Å². The van der Waals surface area contributed by atoms with Crippen LogP contribution in [0, 0.1) is 13.8 Å². The molecule has 0 radical (unpaired) electrons. The van der Waals surface area contributed by atoms with Crippen molar-refractivity contribution in [2.24, 2.45) is 7.05 Å². The summed E-state index contributed by atoms with van der Waals surface area (Å²) in [5, 5.41) is 3.41. The van der Waals surface area contributed by atoms with Crippen LogP contribution in [0.3, 0.4) is 0 Å². The molecule has 0 saturated carbocycles. The van der Waals surface area contributed by atoms with E-state index in [0.29, 0.717) is 16.9 Å². The molecule has 3 heterocycles. The number of fused-ring (bicyclic) bond motifs is 3. The molecular weight excluding hydrogens is 344 g/mol. The van der Waals surface area contributed by atoms with Crippen LogP contribution in [0.25, 0.3) is 16.9 Å². The van der Waals surface area contributed by atoms with Gasteiger partial charge in [0.1, 0.15) is 0 Å². The van der Waals surface area contributed by atoms with Crippen molar-refractivity contribution in [3.63, 3.8) is 0 Å². The number of rotatable bonds is 5. The highest BCUT2D eigenvalue weighted by molar-refractivity contribution is 5.75. The van der Waals surface area contributed by atoms with Crippen LogP contribution in [0.15, 0.2) is 40.1 Å². The lowest BCUT2D eigenvalue weighted by atomic mass is 10.2. The summed E-state index contributed by atoms with van der Waals surface area (Å²) >= 11 is 0. The van der Waals surface area contributed by atoms with E-state index in [2.05, 4.69) is 51.0 Å². The molecule has 8 nitrogen and oxygen atoms in total. The first kappa shape index (κ1) is 17.1. The molecule has 140 valence electrons. The third-order valence-corrected chi connectivity index (χ3v) is 4.85. The average molecular weight is 366 g/mol. The van der Waals surface area contributed by atoms with Crippen LogP contribution in [-0.4, -0.2) is 30.0 Å². The molecule has 0 spiro atoms. The van der Waals surface area contributed by atoms with E-state index >= 15 is 0 Å². The molecule has 2 N–H and O–H groups in total. The number of nitrogens with one attached hydrogen (secondary N) is 2. The third kappa shape index (κ3) is 2.92. The Kier molecular flexibility index (Phi) is 4.10. The van der Waals surface area contributed by atoms with E-state index < -0.39 is 11.2 Å². The van der Waals surface area contributed by atoms with Crippen molar-refractivity contribution in [1.82, 2.24) is 23.5 Å². The molecule has 0 aliphatic rings. The molecule has 27 heavy (non-hydrogen) atoms. The zero-order valence-corrected chi connectivity index (χ0v) is 15.6. The van der Waals surface area contributed by atoms with Crippen LogP contribution in [0.4, 0.5) is 5.69 Å².